The lowest BCUT2D eigenvalue weighted by Crippen LogP contribution is -2.45. The molecule has 256 valence electrons. The predicted molar refractivity (Wildman–Crippen MR) is 196 cm³/mol. The first-order valence-corrected chi connectivity index (χ1v) is 17.7. The molecular weight excluding hydrogens is 655 g/mol. The molecule has 0 saturated carbocycles. The molecule has 0 saturated heterocycles. The van der Waals surface area contributed by atoms with Gasteiger partial charge in [-0.1, -0.05) is 87.3 Å². The summed E-state index contributed by atoms with van der Waals surface area (Å²) in [7, 11) is 0. The number of ketones is 2. The summed E-state index contributed by atoms with van der Waals surface area (Å²) in [4.78, 5) is 43.5. The number of hydrogen-bond donors (Lipinski definition) is 1. The maximum atomic E-state index is 14.2. The number of ether oxygens (including phenoxy) is 1. The Balaban J connectivity index is 1.37. The SMILES string of the molecule is Cc1ccc(NC(=O)COc2c(Cl)cc(C3C4=C(CC(C)(C)CC4=O)N(CCc4ccccc4)C4=C3C(=O)CC(C)(C)C4)cc2Cl)cc1C. The number of Topliss-reactive ketones (excluding diaryl/α,β-unsaturated/α-hetero) is 2. The van der Waals surface area contributed by atoms with Crippen molar-refractivity contribution in [3.05, 3.63) is 116 Å². The molecule has 0 spiro atoms. The minimum Gasteiger partial charge on any atom is -0.481 e. The van der Waals surface area contributed by atoms with Crippen LogP contribution in [0.1, 0.15) is 81.5 Å². The normalized spacial score (nSPS) is 18.7. The largest absolute Gasteiger partial charge is 0.481 e. The highest BCUT2D eigenvalue weighted by molar-refractivity contribution is 6.37. The smallest absolute Gasteiger partial charge is 0.262 e. The van der Waals surface area contributed by atoms with E-state index in [4.69, 9.17) is 27.9 Å². The van der Waals surface area contributed by atoms with Crippen LogP contribution in [0.4, 0.5) is 5.69 Å². The molecule has 3 aromatic rings. The van der Waals surface area contributed by atoms with Crippen LogP contribution in [0.25, 0.3) is 0 Å². The maximum Gasteiger partial charge on any atom is 0.262 e. The average Bonchev–Trinajstić information content (AvgIpc) is 3.00. The molecule has 0 atom stereocenters. The Kier molecular flexibility index (Phi) is 9.60. The molecule has 6 rings (SSSR count). The van der Waals surface area contributed by atoms with Crippen LogP contribution in [0.15, 0.2) is 83.2 Å². The summed E-state index contributed by atoms with van der Waals surface area (Å²) in [6.45, 7) is 12.9. The molecule has 0 unspecified atom stereocenters. The number of nitrogens with one attached hydrogen (secondary N) is 1. The van der Waals surface area contributed by atoms with Crippen LogP contribution in [0.3, 0.4) is 0 Å². The van der Waals surface area contributed by atoms with E-state index in [-0.39, 0.29) is 50.7 Å². The molecular formula is C41H44Cl2N2O4. The van der Waals surface area contributed by atoms with Gasteiger partial charge in [-0.15, -0.1) is 0 Å². The highest BCUT2D eigenvalue weighted by Crippen LogP contribution is 2.55. The molecule has 0 aromatic heterocycles. The number of benzene rings is 3. The molecule has 8 heteroatoms. The fourth-order valence-corrected chi connectivity index (χ4v) is 8.19. The Morgan fingerprint density at radius 2 is 1.39 bits per heavy atom. The second-order valence-corrected chi connectivity index (χ2v) is 16.2. The Bertz CT molecular complexity index is 1830. The van der Waals surface area contributed by atoms with Crippen molar-refractivity contribution in [3.63, 3.8) is 0 Å². The monoisotopic (exact) mass is 698 g/mol. The number of hydrogen-bond acceptors (Lipinski definition) is 5. The maximum absolute atomic E-state index is 14.2. The first-order chi connectivity index (χ1) is 23.1. The number of carbonyl (C=O) groups is 3. The molecule has 2 aliphatic carbocycles. The molecule has 1 amide bonds. The van der Waals surface area contributed by atoms with Gasteiger partial charge >= 0.3 is 0 Å². The molecule has 3 aromatic carbocycles. The molecule has 1 heterocycles. The standard InChI is InChI=1S/C41H44Cl2N2O4/c1-24-12-13-28(16-25(24)2)44-35(48)23-49-39-29(42)17-27(18-30(39)43)36-37-31(19-40(3,4)21-33(37)46)45(15-14-26-10-8-7-9-11-26)32-20-41(5,6)22-34(47)38(32)36/h7-13,16-18,36H,14-15,19-23H2,1-6H3,(H,44,48). The van der Waals surface area contributed by atoms with Gasteiger partial charge in [0.15, 0.2) is 23.9 Å². The van der Waals surface area contributed by atoms with Crippen molar-refractivity contribution >= 4 is 46.4 Å². The van der Waals surface area contributed by atoms with Crippen LogP contribution in [-0.4, -0.2) is 35.5 Å². The van der Waals surface area contributed by atoms with Gasteiger partial charge in [-0.2, -0.15) is 0 Å². The fourth-order valence-electron chi connectivity index (χ4n) is 7.57. The number of carbonyl (C=O) groups excluding carboxylic acids is 3. The van der Waals surface area contributed by atoms with Crippen molar-refractivity contribution in [1.82, 2.24) is 4.90 Å². The number of nitrogens with zero attached hydrogens (tertiary/aromatic N) is 1. The number of rotatable bonds is 8. The molecule has 3 aliphatic rings. The Labute approximate surface area is 299 Å². The molecule has 49 heavy (non-hydrogen) atoms. The number of amides is 1. The van der Waals surface area contributed by atoms with Crippen LogP contribution in [0.5, 0.6) is 5.75 Å². The minimum absolute atomic E-state index is 0.0423. The summed E-state index contributed by atoms with van der Waals surface area (Å²) < 4.78 is 5.86. The second-order valence-electron chi connectivity index (χ2n) is 15.4. The van der Waals surface area contributed by atoms with E-state index in [9.17, 15) is 14.4 Å². The van der Waals surface area contributed by atoms with Gasteiger partial charge in [0.1, 0.15) is 0 Å². The summed E-state index contributed by atoms with van der Waals surface area (Å²) in [5.41, 5.74) is 7.58. The fraction of sp³-hybridized carbons (Fsp3) is 0.390. The first-order valence-electron chi connectivity index (χ1n) is 17.0. The van der Waals surface area contributed by atoms with Crippen LogP contribution in [0, 0.1) is 24.7 Å². The summed E-state index contributed by atoms with van der Waals surface area (Å²) in [5.74, 6) is -0.681. The van der Waals surface area contributed by atoms with Crippen molar-refractivity contribution in [2.24, 2.45) is 10.8 Å². The van der Waals surface area contributed by atoms with Crippen LogP contribution in [0.2, 0.25) is 10.0 Å². The zero-order valence-electron chi connectivity index (χ0n) is 29.1. The Hall–Kier alpha value is -3.87. The number of halogens is 2. The Morgan fingerprint density at radius 1 is 0.816 bits per heavy atom. The second kappa shape index (κ2) is 13.4. The third kappa shape index (κ3) is 7.36. The van der Waals surface area contributed by atoms with Gasteiger partial charge in [0.2, 0.25) is 0 Å². The van der Waals surface area contributed by atoms with E-state index in [0.29, 0.717) is 54.6 Å². The van der Waals surface area contributed by atoms with Gasteiger partial charge in [0.25, 0.3) is 5.91 Å². The zero-order valence-corrected chi connectivity index (χ0v) is 30.6. The van der Waals surface area contributed by atoms with E-state index in [1.165, 1.54) is 5.56 Å². The van der Waals surface area contributed by atoms with Gasteiger partial charge in [-0.05, 0) is 90.5 Å². The van der Waals surface area contributed by atoms with Crippen molar-refractivity contribution < 1.29 is 19.1 Å². The Morgan fingerprint density at radius 3 is 1.94 bits per heavy atom. The molecule has 1 N–H and O–H groups in total. The van der Waals surface area contributed by atoms with Crippen molar-refractivity contribution in [1.29, 1.82) is 0 Å². The van der Waals surface area contributed by atoms with Gasteiger partial charge in [0.05, 0.1) is 10.0 Å². The van der Waals surface area contributed by atoms with Crippen molar-refractivity contribution in [2.45, 2.75) is 79.6 Å². The van der Waals surface area contributed by atoms with Crippen LogP contribution < -0.4 is 10.1 Å². The summed E-state index contributed by atoms with van der Waals surface area (Å²) in [6, 6.07) is 19.5. The van der Waals surface area contributed by atoms with Gasteiger partial charge in [-0.25, -0.2) is 0 Å². The molecule has 1 aliphatic heterocycles. The highest BCUT2D eigenvalue weighted by atomic mass is 35.5. The van der Waals surface area contributed by atoms with Gasteiger partial charge in [-0.3, -0.25) is 14.4 Å². The average molecular weight is 700 g/mol. The summed E-state index contributed by atoms with van der Waals surface area (Å²) in [6.07, 6.45) is 2.97. The first kappa shape index (κ1) is 35.0. The van der Waals surface area contributed by atoms with Crippen LogP contribution >= 0.6 is 23.2 Å². The number of anilines is 1. The third-order valence-corrected chi connectivity index (χ3v) is 10.5. The lowest BCUT2D eigenvalue weighted by molar-refractivity contribution is -0.120. The third-order valence-electron chi connectivity index (χ3n) is 9.98. The topological polar surface area (TPSA) is 75.7 Å². The van der Waals surface area contributed by atoms with E-state index < -0.39 is 5.92 Å². The minimum atomic E-state index is -0.595. The number of aryl methyl sites for hydroxylation is 2. The van der Waals surface area contributed by atoms with E-state index >= 15 is 0 Å². The molecule has 0 radical (unpaired) electrons. The van der Waals surface area contributed by atoms with Crippen LogP contribution in [-0.2, 0) is 20.8 Å². The van der Waals surface area contributed by atoms with Gasteiger partial charge in [0, 0.05) is 53.5 Å². The van der Waals surface area contributed by atoms with Crippen molar-refractivity contribution in [2.75, 3.05) is 18.5 Å². The molecule has 0 fully saturated rings. The van der Waals surface area contributed by atoms with Gasteiger partial charge < -0.3 is 15.0 Å². The highest BCUT2D eigenvalue weighted by Gasteiger charge is 2.49. The lowest BCUT2D eigenvalue weighted by atomic mass is 9.63. The molecule has 6 nitrogen and oxygen atoms in total. The summed E-state index contributed by atoms with van der Waals surface area (Å²) >= 11 is 13.7. The van der Waals surface area contributed by atoms with E-state index in [1.807, 2.05) is 50.2 Å². The van der Waals surface area contributed by atoms with Crippen molar-refractivity contribution in [3.8, 4) is 5.75 Å². The van der Waals surface area contributed by atoms with E-state index in [2.05, 4.69) is 50.0 Å². The number of allylic oxidation sites excluding steroid dienone is 4. The predicted octanol–water partition coefficient (Wildman–Crippen LogP) is 9.56. The summed E-state index contributed by atoms with van der Waals surface area (Å²) in [5, 5.41) is 3.28. The quantitative estimate of drug-likeness (QED) is 0.254. The zero-order chi connectivity index (χ0) is 35.2. The van der Waals surface area contributed by atoms with E-state index in [1.54, 1.807) is 12.1 Å². The molecule has 0 bridgehead atoms. The lowest BCUT2D eigenvalue weighted by Gasteiger charge is -2.49. The van der Waals surface area contributed by atoms with E-state index in [0.717, 1.165) is 28.9 Å².